The topological polar surface area (TPSA) is 0 Å². The van der Waals surface area contributed by atoms with E-state index in [4.69, 9.17) is 0 Å². The van der Waals surface area contributed by atoms with Gasteiger partial charge < -0.3 is 0 Å². The van der Waals surface area contributed by atoms with E-state index in [-0.39, 0.29) is 5.41 Å². The normalized spacial score (nSPS) is 16.2. The van der Waals surface area contributed by atoms with Gasteiger partial charge in [0.2, 0.25) is 0 Å². The highest BCUT2D eigenvalue weighted by molar-refractivity contribution is 7.37. The molecular weight excluding hydrogens is 259 g/mol. The second-order valence-electron chi connectivity index (χ2n) is 10.3. The van der Waals surface area contributed by atoms with Crippen LogP contribution in [0.25, 0.3) is 0 Å². The van der Waals surface area contributed by atoms with Gasteiger partial charge in [-0.2, -0.15) is 0 Å². The standard InChI is InChI=1S/C19H41P/c1-15(2,3)13-16(4,5)18(8,9)19(10,11)17(6,7)14-20-12/h20H,13-14H2,1-12H3. The molecule has 0 bridgehead atoms. The molecule has 0 aliphatic rings. The first-order chi connectivity index (χ1) is 8.52. The summed E-state index contributed by atoms with van der Waals surface area (Å²) >= 11 is 0. The highest BCUT2D eigenvalue weighted by Crippen LogP contribution is 2.62. The average Bonchev–Trinajstić information content (AvgIpc) is 2.12. The molecule has 0 aromatic carbocycles. The van der Waals surface area contributed by atoms with Crippen LogP contribution >= 0.6 is 8.58 Å². The van der Waals surface area contributed by atoms with Crippen molar-refractivity contribution in [3.8, 4) is 0 Å². The maximum absolute atomic E-state index is 2.50. The summed E-state index contributed by atoms with van der Waals surface area (Å²) in [6.45, 7) is 29.3. The molecule has 0 N–H and O–H groups in total. The summed E-state index contributed by atoms with van der Waals surface area (Å²) in [6.07, 6.45) is 2.59. The molecule has 0 spiro atoms. The van der Waals surface area contributed by atoms with Crippen molar-refractivity contribution in [2.75, 3.05) is 12.8 Å². The summed E-state index contributed by atoms with van der Waals surface area (Å²) in [5.74, 6) is 0. The molecule has 0 radical (unpaired) electrons. The SMILES string of the molecule is CPCC(C)(C)C(C)(C)C(C)(C)C(C)(C)CC(C)(C)C. The van der Waals surface area contributed by atoms with Crippen LogP contribution in [0.1, 0.15) is 82.6 Å². The fourth-order valence-electron chi connectivity index (χ4n) is 3.90. The van der Waals surface area contributed by atoms with Gasteiger partial charge in [0.15, 0.2) is 0 Å². The molecule has 0 aliphatic heterocycles. The summed E-state index contributed by atoms with van der Waals surface area (Å²) in [4.78, 5) is 0. The third-order valence-corrected chi connectivity index (χ3v) is 7.77. The van der Waals surface area contributed by atoms with Crippen molar-refractivity contribution in [1.82, 2.24) is 0 Å². The van der Waals surface area contributed by atoms with Crippen molar-refractivity contribution in [2.45, 2.75) is 82.6 Å². The van der Waals surface area contributed by atoms with E-state index in [1.165, 1.54) is 12.6 Å². The van der Waals surface area contributed by atoms with E-state index in [2.05, 4.69) is 82.8 Å². The van der Waals surface area contributed by atoms with Gasteiger partial charge in [0.05, 0.1) is 0 Å². The molecule has 1 unspecified atom stereocenters. The molecule has 1 heteroatoms. The molecule has 0 aliphatic carbocycles. The third kappa shape index (κ3) is 4.00. The fourth-order valence-corrected chi connectivity index (χ4v) is 5.23. The zero-order valence-electron chi connectivity index (χ0n) is 16.4. The zero-order valence-corrected chi connectivity index (χ0v) is 17.4. The summed E-state index contributed by atoms with van der Waals surface area (Å²) in [5.41, 5.74) is 1.67. The Morgan fingerprint density at radius 2 is 0.950 bits per heavy atom. The van der Waals surface area contributed by atoms with E-state index < -0.39 is 0 Å². The van der Waals surface area contributed by atoms with Crippen LogP contribution in [-0.4, -0.2) is 12.8 Å². The molecule has 0 rings (SSSR count). The zero-order chi connectivity index (χ0) is 16.6. The molecule has 20 heavy (non-hydrogen) atoms. The van der Waals surface area contributed by atoms with Gasteiger partial charge in [-0.1, -0.05) is 76.2 Å². The Kier molecular flexibility index (Phi) is 6.03. The molecule has 0 aromatic rings. The first-order valence-corrected chi connectivity index (χ1v) is 9.87. The van der Waals surface area contributed by atoms with Crippen LogP contribution in [-0.2, 0) is 0 Å². The first kappa shape index (κ1) is 20.4. The Hall–Kier alpha value is 0.430. The highest BCUT2D eigenvalue weighted by Gasteiger charge is 2.54. The highest BCUT2D eigenvalue weighted by atomic mass is 31.1. The molecule has 1 atom stereocenters. The minimum Gasteiger partial charge on any atom is -0.125 e. The van der Waals surface area contributed by atoms with Crippen molar-refractivity contribution in [3.05, 3.63) is 0 Å². The summed E-state index contributed by atoms with van der Waals surface area (Å²) in [6, 6.07) is 0. The molecule has 122 valence electrons. The molecule has 0 saturated carbocycles. The predicted molar refractivity (Wildman–Crippen MR) is 98.3 cm³/mol. The van der Waals surface area contributed by atoms with Gasteiger partial charge in [0.1, 0.15) is 0 Å². The van der Waals surface area contributed by atoms with Crippen molar-refractivity contribution in [2.24, 2.45) is 27.1 Å². The Balaban J connectivity index is 5.59. The maximum atomic E-state index is 2.50. The molecule has 0 amide bonds. The smallest absolute Gasteiger partial charge is 0.0243 e. The van der Waals surface area contributed by atoms with Gasteiger partial charge in [0.25, 0.3) is 0 Å². The molecule has 0 saturated heterocycles. The van der Waals surface area contributed by atoms with Gasteiger partial charge in [-0.25, -0.2) is 0 Å². The summed E-state index contributed by atoms with van der Waals surface area (Å²) in [5, 5.41) is 0. The minimum atomic E-state index is 0.288. The maximum Gasteiger partial charge on any atom is -0.0243 e. The number of rotatable bonds is 6. The Morgan fingerprint density at radius 1 is 0.600 bits per heavy atom. The summed E-state index contributed by atoms with van der Waals surface area (Å²) < 4.78 is 0. The average molecular weight is 301 g/mol. The number of hydrogen-bond acceptors (Lipinski definition) is 0. The van der Waals surface area contributed by atoms with Crippen molar-refractivity contribution in [3.63, 3.8) is 0 Å². The number of hydrogen-bond donors (Lipinski definition) is 0. The first-order valence-electron chi connectivity index (χ1n) is 8.16. The molecule has 0 heterocycles. The van der Waals surface area contributed by atoms with Crippen molar-refractivity contribution in [1.29, 1.82) is 0 Å². The lowest BCUT2D eigenvalue weighted by atomic mass is 9.46. The van der Waals surface area contributed by atoms with Crippen LogP contribution in [0.3, 0.4) is 0 Å². The molecular formula is C19H41P. The van der Waals surface area contributed by atoms with Gasteiger partial charge >= 0.3 is 0 Å². The second-order valence-corrected chi connectivity index (χ2v) is 11.3. The van der Waals surface area contributed by atoms with Gasteiger partial charge in [-0.3, -0.25) is 0 Å². The summed E-state index contributed by atoms with van der Waals surface area (Å²) in [7, 11) is 1.03. The Labute approximate surface area is 131 Å². The van der Waals surface area contributed by atoms with Crippen LogP contribution in [0, 0.1) is 27.1 Å². The van der Waals surface area contributed by atoms with Crippen molar-refractivity contribution < 1.29 is 0 Å². The van der Waals surface area contributed by atoms with Gasteiger partial charge in [-0.05, 0) is 46.3 Å². The minimum absolute atomic E-state index is 0.288. The van der Waals surface area contributed by atoms with E-state index in [9.17, 15) is 0 Å². The predicted octanol–water partition coefficient (Wildman–Crippen LogP) is 6.84. The molecule has 0 aromatic heterocycles. The molecule has 0 nitrogen and oxygen atoms in total. The van der Waals surface area contributed by atoms with Gasteiger partial charge in [-0.15, -0.1) is 8.58 Å². The van der Waals surface area contributed by atoms with Gasteiger partial charge in [0, 0.05) is 0 Å². The van der Waals surface area contributed by atoms with Crippen LogP contribution in [0.2, 0.25) is 0 Å². The van der Waals surface area contributed by atoms with E-state index in [0.29, 0.717) is 21.7 Å². The lowest BCUT2D eigenvalue weighted by molar-refractivity contribution is -0.0987. The monoisotopic (exact) mass is 300 g/mol. The van der Waals surface area contributed by atoms with E-state index in [1.54, 1.807) is 0 Å². The quantitative estimate of drug-likeness (QED) is 0.471. The Morgan fingerprint density at radius 3 is 1.25 bits per heavy atom. The lowest BCUT2D eigenvalue weighted by Gasteiger charge is -2.60. The largest absolute Gasteiger partial charge is 0.125 e. The van der Waals surface area contributed by atoms with E-state index >= 15 is 0 Å². The second kappa shape index (κ2) is 5.91. The lowest BCUT2D eigenvalue weighted by Crippen LogP contribution is -2.53. The van der Waals surface area contributed by atoms with E-state index in [1.807, 2.05) is 0 Å². The fraction of sp³-hybridized carbons (Fsp3) is 1.00. The van der Waals surface area contributed by atoms with Crippen molar-refractivity contribution >= 4 is 8.58 Å². The molecule has 0 fully saturated rings. The Bertz CT molecular complexity index is 313. The van der Waals surface area contributed by atoms with Crippen LogP contribution in [0.15, 0.2) is 0 Å². The van der Waals surface area contributed by atoms with Crippen LogP contribution in [0.5, 0.6) is 0 Å². The van der Waals surface area contributed by atoms with Crippen LogP contribution < -0.4 is 0 Å². The van der Waals surface area contributed by atoms with E-state index in [0.717, 1.165) is 8.58 Å². The van der Waals surface area contributed by atoms with Crippen LogP contribution in [0.4, 0.5) is 0 Å². The third-order valence-electron chi connectivity index (χ3n) is 6.54.